The monoisotopic (exact) mass is 533 g/mol. The summed E-state index contributed by atoms with van der Waals surface area (Å²) in [5.41, 5.74) is 1.78. The van der Waals surface area contributed by atoms with E-state index in [0.29, 0.717) is 41.0 Å². The molecule has 1 aliphatic rings. The van der Waals surface area contributed by atoms with Gasteiger partial charge in [0, 0.05) is 36.1 Å². The van der Waals surface area contributed by atoms with Gasteiger partial charge in [0.25, 0.3) is 11.8 Å². The zero-order chi connectivity index (χ0) is 27.7. The van der Waals surface area contributed by atoms with Crippen LogP contribution in [0.1, 0.15) is 51.6 Å². The highest BCUT2D eigenvalue weighted by Crippen LogP contribution is 2.35. The van der Waals surface area contributed by atoms with Gasteiger partial charge < -0.3 is 25.5 Å². The average Bonchev–Trinajstić information content (AvgIpc) is 3.11. The Morgan fingerprint density at radius 2 is 1.82 bits per heavy atom. The van der Waals surface area contributed by atoms with Gasteiger partial charge in [-0.2, -0.15) is 0 Å². The minimum Gasteiger partial charge on any atom is -0.492 e. The second-order valence-electron chi connectivity index (χ2n) is 10.0. The van der Waals surface area contributed by atoms with Crippen LogP contribution in [0.25, 0.3) is 22.0 Å². The number of halogens is 2. The molecule has 4 aromatic rings. The van der Waals surface area contributed by atoms with E-state index in [1.165, 1.54) is 32.2 Å². The summed E-state index contributed by atoms with van der Waals surface area (Å²) in [7, 11) is 1.47. The van der Waals surface area contributed by atoms with Gasteiger partial charge in [0.15, 0.2) is 0 Å². The molecule has 0 saturated heterocycles. The van der Waals surface area contributed by atoms with Crippen molar-refractivity contribution in [2.75, 3.05) is 13.7 Å². The molecule has 0 spiro atoms. The number of carbonyl (C=O) groups excluding carboxylic acids is 2. The van der Waals surface area contributed by atoms with Gasteiger partial charge in [-0.25, -0.2) is 8.78 Å². The number of aromatic amines is 1. The zero-order valence-corrected chi connectivity index (χ0v) is 21.7. The molecule has 1 unspecified atom stereocenters. The van der Waals surface area contributed by atoms with Crippen molar-refractivity contribution in [1.29, 1.82) is 0 Å². The molecule has 7 nitrogen and oxygen atoms in total. The highest BCUT2D eigenvalue weighted by molar-refractivity contribution is 6.00. The number of hydrogen-bond donors (Lipinski definition) is 4. The molecule has 1 atom stereocenters. The van der Waals surface area contributed by atoms with Crippen molar-refractivity contribution in [3.05, 3.63) is 88.6 Å². The summed E-state index contributed by atoms with van der Waals surface area (Å²) in [5.74, 6) is -1.52. The lowest BCUT2D eigenvalue weighted by Gasteiger charge is -2.26. The Bertz CT molecular complexity index is 1580. The Hall–Kier alpha value is -4.24. The molecule has 0 saturated carbocycles. The Morgan fingerprint density at radius 1 is 1.03 bits per heavy atom. The summed E-state index contributed by atoms with van der Waals surface area (Å²) in [6.07, 6.45) is 4.05. The van der Waals surface area contributed by atoms with Crippen LogP contribution in [0.4, 0.5) is 8.78 Å². The predicted molar refractivity (Wildman–Crippen MR) is 144 cm³/mol. The fraction of sp³-hybridized carbons (Fsp3) is 0.267. The van der Waals surface area contributed by atoms with Crippen molar-refractivity contribution in [2.45, 2.75) is 38.3 Å². The second kappa shape index (κ2) is 10.5. The Labute approximate surface area is 224 Å². The lowest BCUT2D eigenvalue weighted by atomic mass is 9.94. The molecule has 1 aromatic heterocycles. The van der Waals surface area contributed by atoms with E-state index in [2.05, 4.69) is 15.6 Å². The van der Waals surface area contributed by atoms with Crippen molar-refractivity contribution < 1.29 is 28.2 Å². The van der Waals surface area contributed by atoms with Gasteiger partial charge >= 0.3 is 0 Å². The standard InChI is InChI=1S/C30H29F2N3O4/c1-30(38,15-21-16-34-26-14-22(31)6-7-24(21)26)35-29(37)25-13-19(9-17-5-3-4-8-39-27(17)25)18-10-20(28(36)33-2)12-23(32)11-18/h6-7,9-14,16,34,38H,3-5,8,15H2,1-2H3,(H,33,36)(H,35,37). The van der Waals surface area contributed by atoms with Crippen molar-refractivity contribution in [3.8, 4) is 16.9 Å². The minimum atomic E-state index is -1.65. The molecule has 0 bridgehead atoms. The van der Waals surface area contributed by atoms with E-state index < -0.39 is 23.4 Å². The number of aliphatic hydroxyl groups is 1. The van der Waals surface area contributed by atoms with Crippen molar-refractivity contribution in [3.63, 3.8) is 0 Å². The molecule has 4 N–H and O–H groups in total. The van der Waals surface area contributed by atoms with Gasteiger partial charge in [-0.1, -0.05) is 0 Å². The number of nitrogens with one attached hydrogen (secondary N) is 3. The van der Waals surface area contributed by atoms with E-state index >= 15 is 0 Å². The summed E-state index contributed by atoms with van der Waals surface area (Å²) in [6.45, 7) is 1.93. The Morgan fingerprint density at radius 3 is 2.62 bits per heavy atom. The largest absolute Gasteiger partial charge is 0.492 e. The number of aryl methyl sites for hydroxylation is 1. The molecule has 0 radical (unpaired) electrons. The van der Waals surface area contributed by atoms with Crippen molar-refractivity contribution >= 4 is 22.7 Å². The molecule has 39 heavy (non-hydrogen) atoms. The first-order valence-electron chi connectivity index (χ1n) is 12.8. The van der Waals surface area contributed by atoms with Crippen LogP contribution in [-0.2, 0) is 12.8 Å². The number of fused-ring (bicyclic) bond motifs is 2. The molecular formula is C30H29F2N3O4. The number of aromatic nitrogens is 1. The van der Waals surface area contributed by atoms with E-state index in [1.807, 2.05) is 6.07 Å². The molecule has 3 aromatic carbocycles. The number of amides is 2. The third-order valence-corrected chi connectivity index (χ3v) is 6.86. The molecular weight excluding hydrogens is 504 g/mol. The number of rotatable bonds is 6. The van der Waals surface area contributed by atoms with Crippen LogP contribution in [0.5, 0.6) is 5.75 Å². The van der Waals surface area contributed by atoms with Gasteiger partial charge in [0.2, 0.25) is 0 Å². The van der Waals surface area contributed by atoms with Crippen LogP contribution in [0.3, 0.4) is 0 Å². The molecule has 1 aliphatic heterocycles. The van der Waals surface area contributed by atoms with Crippen LogP contribution in [-0.4, -0.2) is 41.3 Å². The molecule has 9 heteroatoms. The fourth-order valence-corrected chi connectivity index (χ4v) is 5.04. The quantitative estimate of drug-likeness (QED) is 0.266. The van der Waals surface area contributed by atoms with E-state index in [-0.39, 0.29) is 23.4 Å². The molecule has 0 aliphatic carbocycles. The maximum Gasteiger partial charge on any atom is 0.257 e. The number of ether oxygens (including phenoxy) is 1. The summed E-state index contributed by atoms with van der Waals surface area (Å²) in [6, 6.07) is 11.8. The maximum atomic E-state index is 14.5. The van der Waals surface area contributed by atoms with Crippen LogP contribution < -0.4 is 15.4 Å². The van der Waals surface area contributed by atoms with Gasteiger partial charge in [0.1, 0.15) is 23.1 Å². The van der Waals surface area contributed by atoms with Crippen molar-refractivity contribution in [2.24, 2.45) is 0 Å². The molecule has 2 amide bonds. The van der Waals surface area contributed by atoms with E-state index in [1.54, 1.807) is 24.4 Å². The van der Waals surface area contributed by atoms with E-state index in [4.69, 9.17) is 4.74 Å². The Kier molecular flexibility index (Phi) is 7.10. The van der Waals surface area contributed by atoms with Gasteiger partial charge in [0.05, 0.1) is 12.2 Å². The molecule has 202 valence electrons. The summed E-state index contributed by atoms with van der Waals surface area (Å²) < 4.78 is 34.0. The second-order valence-corrected chi connectivity index (χ2v) is 10.0. The first-order valence-corrected chi connectivity index (χ1v) is 12.8. The van der Waals surface area contributed by atoms with Gasteiger partial charge in [-0.15, -0.1) is 0 Å². The first kappa shape index (κ1) is 26.4. The Balaban J connectivity index is 1.49. The number of hydrogen-bond acceptors (Lipinski definition) is 4. The first-order chi connectivity index (χ1) is 18.6. The lowest BCUT2D eigenvalue weighted by molar-refractivity contribution is 0.0234. The zero-order valence-electron chi connectivity index (χ0n) is 21.7. The minimum absolute atomic E-state index is 0.0620. The number of carbonyl (C=O) groups is 2. The SMILES string of the molecule is CNC(=O)c1cc(F)cc(-c2cc3c(c(C(=O)NC(C)(O)Cc4c[nH]c5cc(F)ccc45)c2)OCCCC3)c1. The number of H-pyrrole nitrogens is 1. The molecule has 5 rings (SSSR count). The molecule has 2 heterocycles. The third kappa shape index (κ3) is 5.63. The highest BCUT2D eigenvalue weighted by atomic mass is 19.1. The lowest BCUT2D eigenvalue weighted by Crippen LogP contribution is -2.47. The van der Waals surface area contributed by atoms with E-state index in [9.17, 15) is 23.5 Å². The maximum absolute atomic E-state index is 14.5. The van der Waals surface area contributed by atoms with Gasteiger partial charge in [-0.3, -0.25) is 9.59 Å². The predicted octanol–water partition coefficient (Wildman–Crippen LogP) is 4.87. The fourth-order valence-electron chi connectivity index (χ4n) is 5.04. The van der Waals surface area contributed by atoms with Crippen LogP contribution in [0.2, 0.25) is 0 Å². The summed E-state index contributed by atoms with van der Waals surface area (Å²) in [5, 5.41) is 17.1. The van der Waals surface area contributed by atoms with Crippen LogP contribution in [0, 0.1) is 11.6 Å². The summed E-state index contributed by atoms with van der Waals surface area (Å²) >= 11 is 0. The van der Waals surface area contributed by atoms with Gasteiger partial charge in [-0.05, 0) is 97.0 Å². The van der Waals surface area contributed by atoms with Crippen LogP contribution in [0.15, 0.2) is 54.7 Å². The smallest absolute Gasteiger partial charge is 0.257 e. The summed E-state index contributed by atoms with van der Waals surface area (Å²) in [4.78, 5) is 28.8. The normalized spacial score (nSPS) is 14.6. The van der Waals surface area contributed by atoms with Crippen molar-refractivity contribution in [1.82, 2.24) is 15.6 Å². The third-order valence-electron chi connectivity index (χ3n) is 6.86. The highest BCUT2D eigenvalue weighted by Gasteiger charge is 2.29. The van der Waals surface area contributed by atoms with E-state index in [0.717, 1.165) is 29.9 Å². The van der Waals surface area contributed by atoms with Crippen LogP contribution >= 0.6 is 0 Å². The topological polar surface area (TPSA) is 103 Å². The average molecular weight is 534 g/mol. The number of benzene rings is 3. The molecule has 0 fully saturated rings.